The molecule has 13 heavy (non-hydrogen) atoms. The standard InChI is InChI=1S/C11H18N2/c1-13-7-3-6-9-4-2-5-10(8-12)11(9)13/h9-11H,2-7H2,1H3. The summed E-state index contributed by atoms with van der Waals surface area (Å²) in [5, 5.41) is 9.07. The van der Waals surface area contributed by atoms with E-state index in [2.05, 4.69) is 18.0 Å². The summed E-state index contributed by atoms with van der Waals surface area (Å²) in [6, 6.07) is 3.07. The molecule has 0 aromatic carbocycles. The minimum atomic E-state index is 0.309. The van der Waals surface area contributed by atoms with Crippen LogP contribution < -0.4 is 0 Å². The summed E-state index contributed by atoms with van der Waals surface area (Å²) in [4.78, 5) is 2.42. The van der Waals surface area contributed by atoms with E-state index in [1.54, 1.807) is 0 Å². The highest BCUT2D eigenvalue weighted by atomic mass is 15.1. The third-order valence-corrected chi connectivity index (χ3v) is 3.75. The minimum Gasteiger partial charge on any atom is -0.302 e. The summed E-state index contributed by atoms with van der Waals surface area (Å²) >= 11 is 0. The van der Waals surface area contributed by atoms with Crippen molar-refractivity contribution in [2.24, 2.45) is 11.8 Å². The van der Waals surface area contributed by atoms with E-state index in [0.717, 1.165) is 12.3 Å². The van der Waals surface area contributed by atoms with Crippen LogP contribution in [0.15, 0.2) is 0 Å². The van der Waals surface area contributed by atoms with Gasteiger partial charge in [-0.2, -0.15) is 5.26 Å². The minimum absolute atomic E-state index is 0.309. The lowest BCUT2D eigenvalue weighted by Crippen LogP contribution is -2.48. The van der Waals surface area contributed by atoms with Crippen LogP contribution in [-0.2, 0) is 0 Å². The van der Waals surface area contributed by atoms with Crippen LogP contribution in [0.25, 0.3) is 0 Å². The molecule has 1 heterocycles. The molecule has 3 unspecified atom stereocenters. The zero-order valence-electron chi connectivity index (χ0n) is 8.37. The topological polar surface area (TPSA) is 27.0 Å². The molecule has 0 N–H and O–H groups in total. The second kappa shape index (κ2) is 3.67. The van der Waals surface area contributed by atoms with E-state index in [9.17, 15) is 0 Å². The van der Waals surface area contributed by atoms with Crippen molar-refractivity contribution in [3.8, 4) is 6.07 Å². The van der Waals surface area contributed by atoms with E-state index >= 15 is 0 Å². The summed E-state index contributed by atoms with van der Waals surface area (Å²) in [5.74, 6) is 1.13. The highest BCUT2D eigenvalue weighted by Gasteiger charge is 2.37. The zero-order chi connectivity index (χ0) is 9.26. The fourth-order valence-corrected chi connectivity index (χ4v) is 3.15. The molecule has 72 valence electrons. The summed E-state index contributed by atoms with van der Waals surface area (Å²) in [6.07, 6.45) is 6.44. The molecular formula is C11H18N2. The monoisotopic (exact) mass is 178 g/mol. The van der Waals surface area contributed by atoms with Crippen LogP contribution >= 0.6 is 0 Å². The predicted octanol–water partition coefficient (Wildman–Crippen LogP) is 2.02. The first-order chi connectivity index (χ1) is 6.33. The number of nitrogens with zero attached hydrogens (tertiary/aromatic N) is 2. The van der Waals surface area contributed by atoms with Crippen LogP contribution in [0, 0.1) is 23.2 Å². The van der Waals surface area contributed by atoms with Crippen LogP contribution in [0.5, 0.6) is 0 Å². The molecule has 3 atom stereocenters. The van der Waals surface area contributed by atoms with Crippen molar-refractivity contribution in [3.05, 3.63) is 0 Å². The maximum atomic E-state index is 9.07. The van der Waals surface area contributed by atoms with E-state index in [1.165, 1.54) is 32.2 Å². The smallest absolute Gasteiger partial charge is 0.0672 e. The van der Waals surface area contributed by atoms with Crippen molar-refractivity contribution >= 4 is 0 Å². The van der Waals surface area contributed by atoms with Crippen molar-refractivity contribution in [2.45, 2.75) is 38.1 Å². The Labute approximate surface area is 80.5 Å². The number of fused-ring (bicyclic) bond motifs is 1. The van der Waals surface area contributed by atoms with Gasteiger partial charge in [0, 0.05) is 6.04 Å². The van der Waals surface area contributed by atoms with Gasteiger partial charge in [-0.15, -0.1) is 0 Å². The van der Waals surface area contributed by atoms with E-state index in [1.807, 2.05) is 0 Å². The summed E-state index contributed by atoms with van der Waals surface area (Å²) in [5.41, 5.74) is 0. The van der Waals surface area contributed by atoms with Crippen LogP contribution in [0.1, 0.15) is 32.1 Å². The van der Waals surface area contributed by atoms with Gasteiger partial charge in [0.1, 0.15) is 0 Å². The van der Waals surface area contributed by atoms with Gasteiger partial charge in [0.05, 0.1) is 12.0 Å². The van der Waals surface area contributed by atoms with Gasteiger partial charge in [0.25, 0.3) is 0 Å². The maximum absolute atomic E-state index is 9.07. The molecule has 2 heteroatoms. The Kier molecular flexibility index (Phi) is 2.55. The molecule has 2 fully saturated rings. The van der Waals surface area contributed by atoms with Crippen molar-refractivity contribution in [3.63, 3.8) is 0 Å². The SMILES string of the molecule is CN1CCCC2CCCC(C#N)C21. The Morgan fingerprint density at radius 3 is 2.77 bits per heavy atom. The first kappa shape index (κ1) is 9.02. The third kappa shape index (κ3) is 1.58. The normalized spacial score (nSPS) is 40.8. The number of piperidine rings is 1. The second-order valence-electron chi connectivity index (χ2n) is 4.54. The third-order valence-electron chi connectivity index (χ3n) is 3.75. The predicted molar refractivity (Wildman–Crippen MR) is 52.1 cm³/mol. The Hall–Kier alpha value is -0.550. The first-order valence-electron chi connectivity index (χ1n) is 5.43. The highest BCUT2D eigenvalue weighted by molar-refractivity contribution is 5.00. The van der Waals surface area contributed by atoms with E-state index < -0.39 is 0 Å². The number of hydrogen-bond donors (Lipinski definition) is 0. The van der Waals surface area contributed by atoms with Crippen LogP contribution in [-0.4, -0.2) is 24.5 Å². The molecule has 2 nitrogen and oxygen atoms in total. The number of rotatable bonds is 0. The number of hydrogen-bond acceptors (Lipinski definition) is 2. The van der Waals surface area contributed by atoms with Gasteiger partial charge < -0.3 is 4.90 Å². The summed E-state index contributed by atoms with van der Waals surface area (Å²) in [6.45, 7) is 1.19. The van der Waals surface area contributed by atoms with Gasteiger partial charge in [0.15, 0.2) is 0 Å². The van der Waals surface area contributed by atoms with Crippen molar-refractivity contribution in [2.75, 3.05) is 13.6 Å². The molecule has 0 radical (unpaired) electrons. The van der Waals surface area contributed by atoms with Gasteiger partial charge in [-0.05, 0) is 45.2 Å². The molecular weight excluding hydrogens is 160 g/mol. The lowest BCUT2D eigenvalue weighted by molar-refractivity contribution is 0.0578. The first-order valence-corrected chi connectivity index (χ1v) is 5.43. The Bertz CT molecular complexity index is 217. The average molecular weight is 178 g/mol. The fourth-order valence-electron chi connectivity index (χ4n) is 3.15. The van der Waals surface area contributed by atoms with E-state index in [0.29, 0.717) is 12.0 Å². The lowest BCUT2D eigenvalue weighted by Gasteiger charge is -2.44. The van der Waals surface area contributed by atoms with Gasteiger partial charge >= 0.3 is 0 Å². The average Bonchev–Trinajstić information content (AvgIpc) is 2.17. The van der Waals surface area contributed by atoms with Gasteiger partial charge in [-0.25, -0.2) is 0 Å². The van der Waals surface area contributed by atoms with E-state index in [4.69, 9.17) is 5.26 Å². The van der Waals surface area contributed by atoms with Gasteiger partial charge in [-0.1, -0.05) is 6.42 Å². The Balaban J connectivity index is 2.12. The van der Waals surface area contributed by atoms with Crippen molar-refractivity contribution < 1.29 is 0 Å². The van der Waals surface area contributed by atoms with Gasteiger partial charge in [0.2, 0.25) is 0 Å². The molecule has 1 aliphatic heterocycles. The van der Waals surface area contributed by atoms with Crippen LogP contribution in [0.3, 0.4) is 0 Å². The molecule has 0 bridgehead atoms. The Morgan fingerprint density at radius 2 is 2.00 bits per heavy atom. The van der Waals surface area contributed by atoms with Crippen molar-refractivity contribution in [1.29, 1.82) is 5.26 Å². The molecule has 2 aliphatic rings. The summed E-state index contributed by atoms with van der Waals surface area (Å²) < 4.78 is 0. The largest absolute Gasteiger partial charge is 0.302 e. The van der Waals surface area contributed by atoms with E-state index in [-0.39, 0.29) is 0 Å². The van der Waals surface area contributed by atoms with Gasteiger partial charge in [-0.3, -0.25) is 0 Å². The molecule has 0 spiro atoms. The second-order valence-corrected chi connectivity index (χ2v) is 4.54. The molecule has 1 saturated carbocycles. The maximum Gasteiger partial charge on any atom is 0.0672 e. The molecule has 0 aromatic heterocycles. The fraction of sp³-hybridized carbons (Fsp3) is 0.909. The van der Waals surface area contributed by atoms with Crippen LogP contribution in [0.2, 0.25) is 0 Å². The number of likely N-dealkylation sites (tertiary alicyclic amines) is 1. The summed E-state index contributed by atoms with van der Waals surface area (Å²) in [7, 11) is 2.19. The highest BCUT2D eigenvalue weighted by Crippen LogP contribution is 2.37. The molecule has 1 saturated heterocycles. The molecule has 1 aliphatic carbocycles. The zero-order valence-corrected chi connectivity index (χ0v) is 8.37. The molecule has 0 amide bonds. The molecule has 2 rings (SSSR count). The van der Waals surface area contributed by atoms with Crippen LogP contribution in [0.4, 0.5) is 0 Å². The van der Waals surface area contributed by atoms with Crippen molar-refractivity contribution in [1.82, 2.24) is 4.90 Å². The molecule has 0 aromatic rings. The Morgan fingerprint density at radius 1 is 1.23 bits per heavy atom. The lowest BCUT2D eigenvalue weighted by atomic mass is 9.73. The number of nitriles is 1. The quantitative estimate of drug-likeness (QED) is 0.567.